The van der Waals surface area contributed by atoms with Gasteiger partial charge in [-0.2, -0.15) is 9.97 Å². The van der Waals surface area contributed by atoms with Gasteiger partial charge in [0.2, 0.25) is 5.95 Å². The number of aromatic nitrogens is 2. The summed E-state index contributed by atoms with van der Waals surface area (Å²) in [5, 5.41) is 8.53. The van der Waals surface area contributed by atoms with Gasteiger partial charge in [-0.25, -0.2) is 0 Å². The van der Waals surface area contributed by atoms with E-state index in [1.807, 2.05) is 0 Å². The van der Waals surface area contributed by atoms with Crippen molar-refractivity contribution in [3.8, 4) is 11.8 Å². The molecule has 6 heteroatoms. The van der Waals surface area contributed by atoms with E-state index in [1.165, 1.54) is 0 Å². The molecule has 5 N–H and O–H groups in total. The molecule has 0 aliphatic carbocycles. The quantitative estimate of drug-likeness (QED) is 0.391. The van der Waals surface area contributed by atoms with Crippen LogP contribution in [-0.4, -0.2) is 21.7 Å². The molecule has 0 atom stereocenters. The van der Waals surface area contributed by atoms with E-state index in [-0.39, 0.29) is 29.1 Å². The van der Waals surface area contributed by atoms with E-state index >= 15 is 0 Å². The molecule has 1 aromatic heterocycles. The van der Waals surface area contributed by atoms with Gasteiger partial charge in [0.25, 0.3) is 0 Å². The Morgan fingerprint density at radius 2 is 2.08 bits per heavy atom. The summed E-state index contributed by atoms with van der Waals surface area (Å²) in [7, 11) is 0. The Labute approximate surface area is 79.7 Å². The molecule has 0 unspecified atom stereocenters. The highest BCUT2D eigenvalue weighted by atomic mass is 35.5. The molecule has 0 amide bonds. The van der Waals surface area contributed by atoms with E-state index in [0.717, 1.165) is 0 Å². The van der Waals surface area contributed by atoms with Crippen LogP contribution < -0.4 is 11.5 Å². The van der Waals surface area contributed by atoms with Crippen LogP contribution in [-0.2, 0) is 0 Å². The average molecular weight is 199 g/mol. The van der Waals surface area contributed by atoms with Gasteiger partial charge >= 0.3 is 0 Å². The molecule has 0 saturated heterocycles. The van der Waals surface area contributed by atoms with E-state index in [1.54, 1.807) is 0 Å². The highest BCUT2D eigenvalue weighted by Gasteiger charge is 2.06. The lowest BCUT2D eigenvalue weighted by Gasteiger charge is -2.00. The molecule has 0 fully saturated rings. The van der Waals surface area contributed by atoms with E-state index < -0.39 is 0 Å². The summed E-state index contributed by atoms with van der Waals surface area (Å²) < 4.78 is 0. The number of rotatable bonds is 0. The summed E-state index contributed by atoms with van der Waals surface area (Å²) in [6, 6.07) is 0. The van der Waals surface area contributed by atoms with Crippen molar-refractivity contribution in [2.45, 2.75) is 0 Å². The van der Waals surface area contributed by atoms with E-state index in [9.17, 15) is 0 Å². The maximum Gasteiger partial charge on any atom is 0.223 e. The van der Waals surface area contributed by atoms with Gasteiger partial charge in [0.15, 0.2) is 5.15 Å². The number of aliphatic hydroxyl groups excluding tert-OH is 1. The van der Waals surface area contributed by atoms with Crippen molar-refractivity contribution in [3.05, 3.63) is 10.7 Å². The Morgan fingerprint density at radius 3 is 2.62 bits per heavy atom. The minimum absolute atomic E-state index is 0.00273. The summed E-state index contributed by atoms with van der Waals surface area (Å²) in [5.41, 5.74) is 11.0. The molecule has 0 aliphatic rings. The zero-order chi connectivity index (χ0) is 9.84. The second-order valence-electron chi connectivity index (χ2n) is 2.09. The smallest absolute Gasteiger partial charge is 0.223 e. The lowest BCUT2D eigenvalue weighted by atomic mass is 10.3. The predicted molar refractivity (Wildman–Crippen MR) is 49.8 cm³/mol. The van der Waals surface area contributed by atoms with Crippen LogP contribution in [0.5, 0.6) is 0 Å². The van der Waals surface area contributed by atoms with E-state index in [0.29, 0.717) is 0 Å². The van der Waals surface area contributed by atoms with Crippen molar-refractivity contribution < 1.29 is 5.11 Å². The fraction of sp³-hybridized carbons (Fsp3) is 0.143. The number of nitrogen functional groups attached to an aromatic ring is 2. The molecule has 0 spiro atoms. The number of anilines is 2. The highest BCUT2D eigenvalue weighted by Crippen LogP contribution is 2.17. The van der Waals surface area contributed by atoms with Gasteiger partial charge in [0, 0.05) is 0 Å². The average Bonchev–Trinajstić information content (AvgIpc) is 2.02. The maximum atomic E-state index is 8.44. The molecule has 1 aromatic rings. The fourth-order valence-electron chi connectivity index (χ4n) is 0.710. The monoisotopic (exact) mass is 198 g/mol. The maximum absolute atomic E-state index is 8.44. The van der Waals surface area contributed by atoms with Crippen LogP contribution in [0.4, 0.5) is 11.8 Å². The largest absolute Gasteiger partial charge is 0.384 e. The molecule has 0 radical (unpaired) electrons. The van der Waals surface area contributed by atoms with Crippen LogP contribution in [0.15, 0.2) is 0 Å². The molecular weight excluding hydrogens is 192 g/mol. The third-order valence-corrected chi connectivity index (χ3v) is 1.48. The highest BCUT2D eigenvalue weighted by molar-refractivity contribution is 6.31. The molecule has 1 heterocycles. The number of aliphatic hydroxyl groups is 1. The molecule has 0 bridgehead atoms. The first-order valence-electron chi connectivity index (χ1n) is 3.33. The first-order chi connectivity index (χ1) is 6.15. The van der Waals surface area contributed by atoms with Crippen molar-refractivity contribution in [1.29, 1.82) is 0 Å². The molecular formula is C7H7ClN4O. The van der Waals surface area contributed by atoms with Crippen LogP contribution in [0.25, 0.3) is 0 Å². The Bertz CT molecular complexity index is 359. The van der Waals surface area contributed by atoms with E-state index in [4.69, 9.17) is 28.2 Å². The number of nitrogens with zero attached hydrogens (tertiary/aromatic N) is 2. The molecule has 13 heavy (non-hydrogen) atoms. The lowest BCUT2D eigenvalue weighted by molar-refractivity contribution is 0.350. The Morgan fingerprint density at radius 1 is 1.38 bits per heavy atom. The van der Waals surface area contributed by atoms with Gasteiger partial charge in [-0.1, -0.05) is 23.4 Å². The van der Waals surface area contributed by atoms with Gasteiger partial charge in [-0.3, -0.25) is 0 Å². The first-order valence-corrected chi connectivity index (χ1v) is 3.71. The van der Waals surface area contributed by atoms with Crippen molar-refractivity contribution in [3.63, 3.8) is 0 Å². The Balaban J connectivity index is 3.21. The Kier molecular flexibility index (Phi) is 2.90. The summed E-state index contributed by atoms with van der Waals surface area (Å²) in [6.07, 6.45) is 0. The minimum atomic E-state index is -0.278. The van der Waals surface area contributed by atoms with Crippen LogP contribution in [0.3, 0.4) is 0 Å². The summed E-state index contributed by atoms with van der Waals surface area (Å²) in [4.78, 5) is 7.32. The number of nitrogens with two attached hydrogens (primary N) is 2. The Hall–Kier alpha value is -1.51. The van der Waals surface area contributed by atoms with Gasteiger partial charge in [0.1, 0.15) is 18.0 Å². The molecule has 0 saturated carbocycles. The van der Waals surface area contributed by atoms with Crippen molar-refractivity contribution >= 4 is 23.4 Å². The zero-order valence-electron chi connectivity index (χ0n) is 6.58. The van der Waals surface area contributed by atoms with Gasteiger partial charge in [-0.05, 0) is 0 Å². The SMILES string of the molecule is Nc1nc(N)c(C#CCO)c(Cl)n1. The van der Waals surface area contributed by atoms with Crippen LogP contribution in [0.1, 0.15) is 5.56 Å². The van der Waals surface area contributed by atoms with E-state index in [2.05, 4.69) is 21.8 Å². The summed E-state index contributed by atoms with van der Waals surface area (Å²) >= 11 is 5.68. The van der Waals surface area contributed by atoms with Gasteiger partial charge in [-0.15, -0.1) is 0 Å². The second-order valence-corrected chi connectivity index (χ2v) is 2.45. The van der Waals surface area contributed by atoms with Crippen molar-refractivity contribution in [2.75, 3.05) is 18.1 Å². The van der Waals surface area contributed by atoms with Gasteiger partial charge in [0.05, 0.1) is 0 Å². The van der Waals surface area contributed by atoms with Crippen LogP contribution >= 0.6 is 11.6 Å². The number of hydrogen-bond acceptors (Lipinski definition) is 5. The predicted octanol–water partition coefficient (Wildman–Crippen LogP) is -0.362. The third-order valence-electron chi connectivity index (χ3n) is 1.20. The number of halogens is 1. The summed E-state index contributed by atoms with van der Waals surface area (Å²) in [6.45, 7) is -0.278. The van der Waals surface area contributed by atoms with Gasteiger partial charge < -0.3 is 16.6 Å². The van der Waals surface area contributed by atoms with Crippen LogP contribution in [0.2, 0.25) is 5.15 Å². The molecule has 68 valence electrons. The topological polar surface area (TPSA) is 98.0 Å². The normalized spacial score (nSPS) is 9.08. The van der Waals surface area contributed by atoms with Crippen molar-refractivity contribution in [1.82, 2.24) is 9.97 Å². The van der Waals surface area contributed by atoms with Crippen molar-refractivity contribution in [2.24, 2.45) is 0 Å². The molecule has 1 rings (SSSR count). The molecule has 0 aromatic carbocycles. The summed E-state index contributed by atoms with van der Waals surface area (Å²) in [5.74, 6) is 5.01. The van der Waals surface area contributed by atoms with Crippen LogP contribution in [0, 0.1) is 11.8 Å². The standard InChI is InChI=1S/C7H7ClN4O/c8-5-4(2-1-3-13)6(9)12-7(10)11-5/h13H,3H2,(H4,9,10,11,12). The first kappa shape index (κ1) is 9.58. The zero-order valence-corrected chi connectivity index (χ0v) is 7.34. The molecule has 5 nitrogen and oxygen atoms in total. The second kappa shape index (κ2) is 3.94. The lowest BCUT2D eigenvalue weighted by Crippen LogP contribution is -2.03. The minimum Gasteiger partial charge on any atom is -0.384 e. The molecule has 0 aliphatic heterocycles. The fourth-order valence-corrected chi connectivity index (χ4v) is 0.941. The number of hydrogen-bond donors (Lipinski definition) is 3. The third kappa shape index (κ3) is 2.21.